The predicted octanol–water partition coefficient (Wildman–Crippen LogP) is 0.822. The molecule has 3 fully saturated rings. The fraction of sp³-hybridized carbons (Fsp3) is 0.552. The van der Waals surface area contributed by atoms with Crippen LogP contribution in [0.25, 0.3) is 0 Å². The van der Waals surface area contributed by atoms with Gasteiger partial charge in [-0.2, -0.15) is 0 Å². The molecule has 0 radical (unpaired) electrons. The van der Waals surface area contributed by atoms with Crippen molar-refractivity contribution in [1.29, 1.82) is 0 Å². The number of rotatable bonds is 5. The molecule has 4 aliphatic heterocycles. The molecule has 4 heterocycles. The Morgan fingerprint density at radius 2 is 1.74 bits per heavy atom. The maximum atomic E-state index is 13.4. The van der Waals surface area contributed by atoms with E-state index in [1.807, 2.05) is 0 Å². The Kier molecular flexibility index (Phi) is 6.93. The number of hydrogen-bond donors (Lipinski definition) is 4. The number of aliphatic hydroxyl groups excluding tert-OH is 3. The molecule has 7 rings (SSSR count). The van der Waals surface area contributed by atoms with Crippen molar-refractivity contribution in [3.8, 4) is 23.0 Å². The zero-order chi connectivity index (χ0) is 29.3. The lowest BCUT2D eigenvalue weighted by atomic mass is 9.66. The number of esters is 1. The fourth-order valence-electron chi connectivity index (χ4n) is 6.79. The topological polar surface area (TPSA) is 172 Å². The van der Waals surface area contributed by atoms with E-state index in [0.29, 0.717) is 28.2 Å². The molecule has 1 aliphatic carbocycles. The first-order valence-electron chi connectivity index (χ1n) is 13.8. The minimum Gasteiger partial charge on any atom is -0.504 e. The molecule has 13 nitrogen and oxygen atoms in total. The number of fused-ring (bicyclic) bond motifs is 4. The van der Waals surface area contributed by atoms with E-state index < -0.39 is 73.4 Å². The SMILES string of the molecule is COc1cc(C2c3cc4c(cc3[C@@H](O[C@@H]3O[C@@H]5CO[C@@H](C)O[C@H]5[C@H](O)[C@H]3O)[C@H]3COC(=O)[C@H]23)OCO4)cc(CO)c1O. The van der Waals surface area contributed by atoms with Crippen LogP contribution in [0.2, 0.25) is 0 Å². The molecule has 42 heavy (non-hydrogen) atoms. The summed E-state index contributed by atoms with van der Waals surface area (Å²) in [5.41, 5.74) is 2.17. The highest BCUT2D eigenvalue weighted by molar-refractivity contribution is 5.79. The summed E-state index contributed by atoms with van der Waals surface area (Å²) in [6.45, 7) is 1.43. The van der Waals surface area contributed by atoms with Gasteiger partial charge in [0, 0.05) is 17.4 Å². The number of phenols is 1. The summed E-state index contributed by atoms with van der Waals surface area (Å²) in [5, 5.41) is 42.4. The molecule has 10 atom stereocenters. The van der Waals surface area contributed by atoms with E-state index in [4.69, 9.17) is 37.9 Å². The van der Waals surface area contributed by atoms with Gasteiger partial charge in [0.15, 0.2) is 35.6 Å². The van der Waals surface area contributed by atoms with E-state index in [1.54, 1.807) is 31.2 Å². The molecule has 0 bridgehead atoms. The summed E-state index contributed by atoms with van der Waals surface area (Å²) in [6, 6.07) is 6.83. The Balaban J connectivity index is 1.32. The zero-order valence-electron chi connectivity index (χ0n) is 22.9. The number of ether oxygens (including phenoxy) is 8. The van der Waals surface area contributed by atoms with Gasteiger partial charge in [0.2, 0.25) is 6.79 Å². The maximum absolute atomic E-state index is 13.4. The summed E-state index contributed by atoms with van der Waals surface area (Å²) in [4.78, 5) is 13.4. The number of cyclic esters (lactones) is 1. The van der Waals surface area contributed by atoms with Crippen molar-refractivity contribution in [2.75, 3.05) is 27.1 Å². The number of benzene rings is 2. The van der Waals surface area contributed by atoms with E-state index in [0.717, 1.165) is 0 Å². The molecule has 13 heteroatoms. The third-order valence-electron chi connectivity index (χ3n) is 8.81. The molecule has 0 spiro atoms. The van der Waals surface area contributed by atoms with Crippen LogP contribution < -0.4 is 14.2 Å². The summed E-state index contributed by atoms with van der Waals surface area (Å²) >= 11 is 0. The number of aromatic hydroxyl groups is 1. The molecule has 0 aromatic heterocycles. The van der Waals surface area contributed by atoms with Gasteiger partial charge in [0.05, 0.1) is 39.0 Å². The van der Waals surface area contributed by atoms with Gasteiger partial charge in [-0.15, -0.1) is 0 Å². The molecular formula is C29H32O13. The van der Waals surface area contributed by atoms with Crippen molar-refractivity contribution >= 4 is 5.97 Å². The molecule has 2 aromatic rings. The monoisotopic (exact) mass is 588 g/mol. The van der Waals surface area contributed by atoms with Crippen LogP contribution in [0, 0.1) is 11.8 Å². The van der Waals surface area contributed by atoms with Crippen LogP contribution in [0.15, 0.2) is 24.3 Å². The number of hydrogen-bond acceptors (Lipinski definition) is 13. The van der Waals surface area contributed by atoms with Crippen LogP contribution in [-0.4, -0.2) is 90.5 Å². The molecule has 5 aliphatic rings. The number of methoxy groups -OCH3 is 1. The normalized spacial score (nSPS) is 36.5. The second-order valence-electron chi connectivity index (χ2n) is 11.1. The number of carbonyl (C=O) groups excluding carboxylic acids is 1. The molecule has 0 amide bonds. The lowest BCUT2D eigenvalue weighted by Gasteiger charge is -2.47. The van der Waals surface area contributed by atoms with Gasteiger partial charge in [-0.05, 0) is 47.9 Å². The van der Waals surface area contributed by atoms with Crippen molar-refractivity contribution in [1.82, 2.24) is 0 Å². The van der Waals surface area contributed by atoms with Gasteiger partial charge in [0.25, 0.3) is 0 Å². The summed E-state index contributed by atoms with van der Waals surface area (Å²) < 4.78 is 46.0. The van der Waals surface area contributed by atoms with Gasteiger partial charge >= 0.3 is 5.97 Å². The van der Waals surface area contributed by atoms with Crippen LogP contribution in [0.4, 0.5) is 0 Å². The van der Waals surface area contributed by atoms with Crippen LogP contribution in [0.5, 0.6) is 23.0 Å². The van der Waals surface area contributed by atoms with Crippen molar-refractivity contribution in [2.24, 2.45) is 11.8 Å². The average molecular weight is 589 g/mol. The van der Waals surface area contributed by atoms with E-state index in [2.05, 4.69) is 0 Å². The van der Waals surface area contributed by atoms with Crippen LogP contribution in [-0.2, 0) is 35.1 Å². The molecule has 0 saturated carbocycles. The zero-order valence-corrected chi connectivity index (χ0v) is 22.9. The second kappa shape index (κ2) is 10.5. The van der Waals surface area contributed by atoms with Gasteiger partial charge < -0.3 is 58.3 Å². The van der Waals surface area contributed by atoms with E-state index in [1.165, 1.54) is 7.11 Å². The largest absolute Gasteiger partial charge is 0.504 e. The van der Waals surface area contributed by atoms with Gasteiger partial charge in [0.1, 0.15) is 24.4 Å². The van der Waals surface area contributed by atoms with E-state index >= 15 is 0 Å². The smallest absolute Gasteiger partial charge is 0.310 e. The molecule has 2 aromatic carbocycles. The molecule has 3 saturated heterocycles. The van der Waals surface area contributed by atoms with Crippen molar-refractivity contribution in [3.63, 3.8) is 0 Å². The van der Waals surface area contributed by atoms with Crippen molar-refractivity contribution in [2.45, 2.75) is 62.5 Å². The Bertz CT molecular complexity index is 1350. The predicted molar refractivity (Wildman–Crippen MR) is 138 cm³/mol. The third kappa shape index (κ3) is 4.30. The van der Waals surface area contributed by atoms with E-state index in [-0.39, 0.29) is 37.1 Å². The van der Waals surface area contributed by atoms with Crippen LogP contribution >= 0.6 is 0 Å². The highest BCUT2D eigenvalue weighted by Gasteiger charge is 2.56. The van der Waals surface area contributed by atoms with E-state index in [9.17, 15) is 25.2 Å². The summed E-state index contributed by atoms with van der Waals surface area (Å²) in [6.07, 6.45) is -6.87. The third-order valence-corrected chi connectivity index (χ3v) is 8.81. The fourth-order valence-corrected chi connectivity index (χ4v) is 6.79. The molecule has 1 unspecified atom stereocenters. The Hall–Kier alpha value is -3.17. The molecular weight excluding hydrogens is 556 g/mol. The number of carbonyl (C=O) groups is 1. The summed E-state index contributed by atoms with van der Waals surface area (Å²) in [7, 11) is 1.40. The first-order valence-corrected chi connectivity index (χ1v) is 13.8. The highest BCUT2D eigenvalue weighted by atomic mass is 16.8. The van der Waals surface area contributed by atoms with Gasteiger partial charge in [-0.25, -0.2) is 0 Å². The minimum atomic E-state index is -1.45. The van der Waals surface area contributed by atoms with Crippen LogP contribution in [0.1, 0.15) is 41.2 Å². The van der Waals surface area contributed by atoms with Gasteiger partial charge in [-0.1, -0.05) is 0 Å². The number of aliphatic hydroxyl groups is 3. The van der Waals surface area contributed by atoms with Crippen molar-refractivity contribution in [3.05, 3.63) is 46.5 Å². The second-order valence-corrected chi connectivity index (χ2v) is 11.1. The maximum Gasteiger partial charge on any atom is 0.310 e. The van der Waals surface area contributed by atoms with Crippen molar-refractivity contribution < 1.29 is 63.1 Å². The lowest BCUT2D eigenvalue weighted by Crippen LogP contribution is -2.63. The highest BCUT2D eigenvalue weighted by Crippen LogP contribution is 2.56. The van der Waals surface area contributed by atoms with Gasteiger partial charge in [-0.3, -0.25) is 4.79 Å². The lowest BCUT2D eigenvalue weighted by molar-refractivity contribution is -0.364. The first kappa shape index (κ1) is 27.7. The quantitative estimate of drug-likeness (QED) is 0.362. The summed E-state index contributed by atoms with van der Waals surface area (Å²) in [5.74, 6) is -1.40. The minimum absolute atomic E-state index is 0.0170. The van der Waals surface area contributed by atoms with Crippen LogP contribution in [0.3, 0.4) is 0 Å². The Morgan fingerprint density at radius 3 is 2.48 bits per heavy atom. The Morgan fingerprint density at radius 1 is 0.976 bits per heavy atom. The standard InChI is InChI=1S/C29H32O13/c1-11-36-9-20-27(40-11)24(32)25(33)29(41-20)42-26-15-6-18-17(38-10-39-18)5-14(15)21(22-16(26)8-37-28(22)34)12-3-13(7-30)23(31)19(4-12)35-2/h3-6,11,16,20-22,24-27,29-33H,7-10H2,1-2H3/t11-,16+,20-,21?,22+,24-,25-,26-,27-,29+/m1/s1. The molecule has 226 valence electrons. The first-order chi connectivity index (χ1) is 20.3. The Labute approximate surface area is 240 Å². The average Bonchev–Trinajstić information content (AvgIpc) is 3.61. The molecule has 4 N–H and O–H groups in total.